The second-order valence-electron chi connectivity index (χ2n) is 9.78. The lowest BCUT2D eigenvalue weighted by Gasteiger charge is -2.21. The summed E-state index contributed by atoms with van der Waals surface area (Å²) in [5, 5.41) is 11.5. The molecule has 0 N–H and O–H groups in total. The van der Waals surface area contributed by atoms with Gasteiger partial charge in [0, 0.05) is 25.1 Å². The van der Waals surface area contributed by atoms with Gasteiger partial charge >= 0.3 is 0 Å². The van der Waals surface area contributed by atoms with Gasteiger partial charge in [-0.2, -0.15) is 0 Å². The zero-order chi connectivity index (χ0) is 23.3. The highest BCUT2D eigenvalue weighted by Crippen LogP contribution is 2.37. The number of benzene rings is 2. The van der Waals surface area contributed by atoms with Gasteiger partial charge in [-0.3, -0.25) is 10.1 Å². The molecule has 0 radical (unpaired) electrons. The molecular weight excluding hydrogens is 418 g/mol. The van der Waals surface area contributed by atoms with Crippen LogP contribution in [0.3, 0.4) is 0 Å². The number of ether oxygens (including phenoxy) is 2. The van der Waals surface area contributed by atoms with Crippen molar-refractivity contribution in [3.8, 4) is 11.5 Å². The zero-order valence-corrected chi connectivity index (χ0v) is 19.4. The van der Waals surface area contributed by atoms with E-state index in [1.807, 2.05) is 23.7 Å². The number of hydrogen-bond donors (Lipinski definition) is 0. The smallest absolute Gasteiger partial charge is 0.287 e. The predicted octanol–water partition coefficient (Wildman–Crippen LogP) is 4.57. The maximum atomic E-state index is 11.5. The van der Waals surface area contributed by atoms with Crippen LogP contribution in [0.15, 0.2) is 48.7 Å². The Hall–Kier alpha value is -3.61. The van der Waals surface area contributed by atoms with Crippen LogP contribution >= 0.6 is 0 Å². The highest BCUT2D eigenvalue weighted by molar-refractivity contribution is 6.10. The van der Waals surface area contributed by atoms with Gasteiger partial charge in [-0.05, 0) is 28.7 Å². The van der Waals surface area contributed by atoms with Gasteiger partial charge in [0.1, 0.15) is 12.2 Å². The Labute approximate surface area is 193 Å². The largest absolute Gasteiger partial charge is 0.454 e. The Balaban J connectivity index is 1.63. The molecule has 0 unspecified atom stereocenters. The van der Waals surface area contributed by atoms with Crippen LogP contribution in [0.2, 0.25) is 0 Å². The normalized spacial score (nSPS) is 15.0. The predicted molar refractivity (Wildman–Crippen MR) is 126 cm³/mol. The fraction of sp³-hybridized carbons (Fsp3) is 0.346. The summed E-state index contributed by atoms with van der Waals surface area (Å²) in [5.41, 5.74) is 6.67. The third-order valence-corrected chi connectivity index (χ3v) is 6.46. The second-order valence-corrected chi connectivity index (χ2v) is 9.78. The fourth-order valence-corrected chi connectivity index (χ4v) is 4.62. The molecule has 0 fully saturated rings. The standard InChI is InChI=1S/C26H28N3O4/c1-26(2,3)19-7-5-17(6-8-19)14-28-10-9-18-11-23-24(33-16-32-23)13-21(18)25(28)22-12-20(29(30)31)15-27(22)4/h5-8,11-13,15H,9-10,14,16H2,1-4H3/q+1. The van der Waals surface area contributed by atoms with Crippen molar-refractivity contribution in [2.45, 2.75) is 39.2 Å². The van der Waals surface area contributed by atoms with Gasteiger partial charge in [0.15, 0.2) is 18.0 Å². The lowest BCUT2D eigenvalue weighted by atomic mass is 9.86. The second kappa shape index (κ2) is 7.76. The van der Waals surface area contributed by atoms with E-state index in [0.717, 1.165) is 41.2 Å². The van der Waals surface area contributed by atoms with Crippen molar-refractivity contribution in [1.29, 1.82) is 0 Å². The molecule has 0 bridgehead atoms. The molecule has 0 spiro atoms. The third kappa shape index (κ3) is 3.88. The minimum absolute atomic E-state index is 0.0855. The van der Waals surface area contributed by atoms with E-state index < -0.39 is 0 Å². The number of aromatic nitrogens is 1. The Bertz CT molecular complexity index is 1280. The summed E-state index contributed by atoms with van der Waals surface area (Å²) in [6, 6.07) is 14.5. The summed E-state index contributed by atoms with van der Waals surface area (Å²) in [7, 11) is 1.85. The number of nitrogens with zero attached hydrogens (tertiary/aromatic N) is 3. The van der Waals surface area contributed by atoms with E-state index in [4.69, 9.17) is 9.47 Å². The van der Waals surface area contributed by atoms with Gasteiger partial charge in [0.2, 0.25) is 12.5 Å². The fourth-order valence-electron chi connectivity index (χ4n) is 4.62. The maximum Gasteiger partial charge on any atom is 0.287 e. The van der Waals surface area contributed by atoms with E-state index >= 15 is 0 Å². The van der Waals surface area contributed by atoms with Crippen LogP contribution in [-0.2, 0) is 25.4 Å². The van der Waals surface area contributed by atoms with Crippen LogP contribution < -0.4 is 9.47 Å². The Morgan fingerprint density at radius 1 is 1.09 bits per heavy atom. The highest BCUT2D eigenvalue weighted by Gasteiger charge is 2.33. The Morgan fingerprint density at radius 3 is 2.42 bits per heavy atom. The van der Waals surface area contributed by atoms with Crippen LogP contribution in [0, 0.1) is 10.1 Å². The van der Waals surface area contributed by atoms with Gasteiger partial charge in [0.25, 0.3) is 5.69 Å². The van der Waals surface area contributed by atoms with Crippen molar-refractivity contribution in [3.05, 3.63) is 86.7 Å². The molecule has 0 saturated carbocycles. The molecule has 1 aromatic heterocycles. The highest BCUT2D eigenvalue weighted by atomic mass is 16.7. The molecule has 2 aliphatic rings. The van der Waals surface area contributed by atoms with Gasteiger partial charge in [-0.1, -0.05) is 45.0 Å². The number of nitro groups is 1. The van der Waals surface area contributed by atoms with Crippen LogP contribution in [0.25, 0.3) is 0 Å². The molecule has 3 heterocycles. The lowest BCUT2D eigenvalue weighted by molar-refractivity contribution is -0.544. The molecule has 0 saturated heterocycles. The van der Waals surface area contributed by atoms with Gasteiger partial charge in [-0.25, -0.2) is 4.58 Å². The van der Waals surface area contributed by atoms with Crippen molar-refractivity contribution in [2.75, 3.05) is 13.3 Å². The molecule has 7 heteroatoms. The molecule has 170 valence electrons. The average molecular weight is 447 g/mol. The molecular formula is C26H28N3O4+. The molecule has 5 rings (SSSR count). The van der Waals surface area contributed by atoms with Crippen LogP contribution in [-0.4, -0.2) is 33.1 Å². The van der Waals surface area contributed by atoms with Crippen LogP contribution in [0.1, 0.15) is 48.7 Å². The van der Waals surface area contributed by atoms with Crippen LogP contribution in [0.4, 0.5) is 5.69 Å². The van der Waals surface area contributed by atoms with Crippen molar-refractivity contribution >= 4 is 11.4 Å². The summed E-state index contributed by atoms with van der Waals surface area (Å²) < 4.78 is 15.4. The Morgan fingerprint density at radius 2 is 1.79 bits per heavy atom. The van der Waals surface area contributed by atoms with Crippen molar-refractivity contribution in [1.82, 2.24) is 4.57 Å². The molecule has 2 aliphatic heterocycles. The summed E-state index contributed by atoms with van der Waals surface area (Å²) >= 11 is 0. The van der Waals surface area contributed by atoms with E-state index in [0.29, 0.717) is 12.3 Å². The minimum Gasteiger partial charge on any atom is -0.454 e. The summed E-state index contributed by atoms with van der Waals surface area (Å²) in [4.78, 5) is 11.1. The number of fused-ring (bicyclic) bond motifs is 2. The van der Waals surface area contributed by atoms with Crippen molar-refractivity contribution < 1.29 is 19.0 Å². The van der Waals surface area contributed by atoms with Crippen molar-refractivity contribution in [3.63, 3.8) is 0 Å². The van der Waals surface area contributed by atoms with E-state index in [2.05, 4.69) is 49.6 Å². The molecule has 7 nitrogen and oxygen atoms in total. The number of rotatable bonds is 4. The Kier molecular flexibility index (Phi) is 5.00. The summed E-state index contributed by atoms with van der Waals surface area (Å²) in [6.07, 6.45) is 2.43. The van der Waals surface area contributed by atoms with E-state index in [-0.39, 0.29) is 22.8 Å². The first-order valence-corrected chi connectivity index (χ1v) is 11.2. The molecule has 0 amide bonds. The summed E-state index contributed by atoms with van der Waals surface area (Å²) in [5.74, 6) is 1.48. The molecule has 0 aliphatic carbocycles. The molecule has 33 heavy (non-hydrogen) atoms. The van der Waals surface area contributed by atoms with E-state index in [1.165, 1.54) is 11.1 Å². The third-order valence-electron chi connectivity index (χ3n) is 6.46. The van der Waals surface area contributed by atoms with Gasteiger partial charge < -0.3 is 14.0 Å². The first kappa shape index (κ1) is 21.2. The van der Waals surface area contributed by atoms with Crippen molar-refractivity contribution in [2.24, 2.45) is 7.05 Å². The van der Waals surface area contributed by atoms with Gasteiger partial charge in [-0.15, -0.1) is 0 Å². The molecule has 3 aromatic rings. The number of hydrogen-bond acceptors (Lipinski definition) is 4. The zero-order valence-electron chi connectivity index (χ0n) is 19.4. The van der Waals surface area contributed by atoms with Gasteiger partial charge in [0.05, 0.1) is 16.7 Å². The quantitative estimate of drug-likeness (QED) is 0.335. The lowest BCUT2D eigenvalue weighted by Crippen LogP contribution is -2.31. The average Bonchev–Trinajstić information content (AvgIpc) is 3.38. The van der Waals surface area contributed by atoms with Crippen LogP contribution in [0.5, 0.6) is 11.5 Å². The molecule has 2 aromatic carbocycles. The van der Waals surface area contributed by atoms with E-state index in [1.54, 1.807) is 12.3 Å². The monoisotopic (exact) mass is 446 g/mol. The summed E-state index contributed by atoms with van der Waals surface area (Å²) in [6.45, 7) is 8.37. The molecule has 0 atom stereocenters. The number of aryl methyl sites for hydroxylation is 1. The maximum absolute atomic E-state index is 11.5. The SMILES string of the molecule is Cn1cc([N+](=O)[O-])cc1C1=[N+](Cc2ccc(C(C)(C)C)cc2)CCc2cc3c(cc21)OCO3. The van der Waals surface area contributed by atoms with E-state index in [9.17, 15) is 10.1 Å². The first-order valence-electron chi connectivity index (χ1n) is 11.2. The topological polar surface area (TPSA) is 69.5 Å². The first-order chi connectivity index (χ1) is 15.7. The minimum atomic E-state index is -0.344.